The van der Waals surface area contributed by atoms with Gasteiger partial charge in [0.25, 0.3) is 5.91 Å². The molecule has 0 N–H and O–H groups in total. The molecule has 1 aromatic carbocycles. The molecule has 1 heterocycles. The minimum Gasteiger partial charge on any atom is -0.496 e. The van der Waals surface area contributed by atoms with Crippen LogP contribution in [-0.2, 0) is 0 Å². The van der Waals surface area contributed by atoms with Crippen molar-refractivity contribution in [2.24, 2.45) is 0 Å². The summed E-state index contributed by atoms with van der Waals surface area (Å²) in [5.74, 6) is -0.700. The summed E-state index contributed by atoms with van der Waals surface area (Å²) in [6.07, 6.45) is 0. The maximum atomic E-state index is 13.9. The highest BCUT2D eigenvalue weighted by Gasteiger charge is 2.28. The number of nitrogens with zero attached hydrogens (tertiary/aromatic N) is 3. The molecule has 112 valence electrons. The van der Waals surface area contributed by atoms with Gasteiger partial charge in [-0.15, -0.1) is 0 Å². The molecule has 1 amide bonds. The third-order valence-electron chi connectivity index (χ3n) is 3.75. The second-order valence-electron chi connectivity index (χ2n) is 4.95. The number of amides is 1. The molecule has 0 radical (unpaired) electrons. The van der Waals surface area contributed by atoms with Crippen LogP contribution in [0.4, 0.5) is 4.39 Å². The Morgan fingerprint density at radius 3 is 2.62 bits per heavy atom. The van der Waals surface area contributed by atoms with Crippen molar-refractivity contribution in [1.82, 2.24) is 9.80 Å². The van der Waals surface area contributed by atoms with Crippen LogP contribution in [0.15, 0.2) is 18.2 Å². The van der Waals surface area contributed by atoms with Gasteiger partial charge in [-0.05, 0) is 19.1 Å². The van der Waals surface area contributed by atoms with Crippen molar-refractivity contribution in [3.05, 3.63) is 29.6 Å². The summed E-state index contributed by atoms with van der Waals surface area (Å²) >= 11 is 0. The minimum absolute atomic E-state index is 0.0261. The van der Waals surface area contributed by atoms with E-state index >= 15 is 0 Å². The molecular weight excluding hydrogens is 273 g/mol. The molecule has 0 bridgehead atoms. The Hall–Kier alpha value is -2.13. The number of ether oxygens (including phenoxy) is 1. The van der Waals surface area contributed by atoms with E-state index in [1.165, 1.54) is 19.2 Å². The molecule has 1 saturated heterocycles. The summed E-state index contributed by atoms with van der Waals surface area (Å²) in [6.45, 7) is 4.00. The number of rotatable bonds is 3. The minimum atomic E-state index is -0.577. The van der Waals surface area contributed by atoms with Crippen LogP contribution in [0.2, 0.25) is 0 Å². The van der Waals surface area contributed by atoms with Crippen LogP contribution >= 0.6 is 0 Å². The SMILES string of the molecule is COc1cccc(F)c1C(=O)N1CCN(C(C)C#N)CC1. The van der Waals surface area contributed by atoms with Crippen LogP contribution in [0.5, 0.6) is 5.75 Å². The van der Waals surface area contributed by atoms with E-state index in [-0.39, 0.29) is 23.3 Å². The van der Waals surface area contributed by atoms with Crippen molar-refractivity contribution in [3.63, 3.8) is 0 Å². The molecule has 21 heavy (non-hydrogen) atoms. The van der Waals surface area contributed by atoms with Crippen molar-refractivity contribution in [3.8, 4) is 11.8 Å². The fourth-order valence-corrected chi connectivity index (χ4v) is 2.43. The predicted octanol–water partition coefficient (Wildman–Crippen LogP) is 1.50. The molecule has 1 unspecified atom stereocenters. The summed E-state index contributed by atoms with van der Waals surface area (Å²) in [6, 6.07) is 6.34. The molecule has 1 aromatic rings. The van der Waals surface area contributed by atoms with Crippen LogP contribution in [0, 0.1) is 17.1 Å². The van der Waals surface area contributed by atoms with Crippen molar-refractivity contribution < 1.29 is 13.9 Å². The molecule has 1 aliphatic heterocycles. The summed E-state index contributed by atoms with van der Waals surface area (Å²) < 4.78 is 19.0. The van der Waals surface area contributed by atoms with Gasteiger partial charge < -0.3 is 9.64 Å². The lowest BCUT2D eigenvalue weighted by Gasteiger charge is -2.36. The Kier molecular flexibility index (Phi) is 4.76. The zero-order valence-electron chi connectivity index (χ0n) is 12.2. The molecular formula is C15H18FN3O2. The van der Waals surface area contributed by atoms with Gasteiger partial charge in [0.1, 0.15) is 17.1 Å². The summed E-state index contributed by atoms with van der Waals surface area (Å²) in [5.41, 5.74) is -0.0261. The first-order chi connectivity index (χ1) is 10.1. The third-order valence-corrected chi connectivity index (χ3v) is 3.75. The first-order valence-electron chi connectivity index (χ1n) is 6.84. The van der Waals surface area contributed by atoms with Crippen molar-refractivity contribution >= 4 is 5.91 Å². The summed E-state index contributed by atoms with van der Waals surface area (Å²) in [7, 11) is 1.41. The molecule has 0 aliphatic carbocycles. The number of halogens is 1. The molecule has 0 spiro atoms. The van der Waals surface area contributed by atoms with Gasteiger partial charge in [-0.1, -0.05) is 6.07 Å². The van der Waals surface area contributed by atoms with Gasteiger partial charge in [0.15, 0.2) is 0 Å². The topological polar surface area (TPSA) is 56.6 Å². The Morgan fingerprint density at radius 2 is 2.05 bits per heavy atom. The van der Waals surface area contributed by atoms with Gasteiger partial charge in [0.05, 0.1) is 19.2 Å². The van der Waals surface area contributed by atoms with E-state index in [1.54, 1.807) is 11.0 Å². The summed E-state index contributed by atoms with van der Waals surface area (Å²) in [5, 5.41) is 8.91. The van der Waals surface area contributed by atoms with Crippen LogP contribution in [-0.4, -0.2) is 55.0 Å². The number of carbonyl (C=O) groups is 1. The smallest absolute Gasteiger partial charge is 0.260 e. The Labute approximate surface area is 123 Å². The number of piperazine rings is 1. The number of methoxy groups -OCH3 is 1. The highest BCUT2D eigenvalue weighted by atomic mass is 19.1. The average Bonchev–Trinajstić information content (AvgIpc) is 2.53. The molecule has 1 fully saturated rings. The zero-order valence-corrected chi connectivity index (χ0v) is 12.2. The van der Waals surface area contributed by atoms with E-state index in [0.29, 0.717) is 26.2 Å². The van der Waals surface area contributed by atoms with Crippen molar-refractivity contribution in [2.75, 3.05) is 33.3 Å². The van der Waals surface area contributed by atoms with Gasteiger partial charge in [-0.25, -0.2) is 4.39 Å². The van der Waals surface area contributed by atoms with E-state index in [4.69, 9.17) is 10.00 Å². The van der Waals surface area contributed by atoms with Crippen molar-refractivity contribution in [2.45, 2.75) is 13.0 Å². The Morgan fingerprint density at radius 1 is 1.38 bits per heavy atom. The van der Waals surface area contributed by atoms with Crippen molar-refractivity contribution in [1.29, 1.82) is 5.26 Å². The highest BCUT2D eigenvalue weighted by molar-refractivity contribution is 5.97. The normalized spacial score (nSPS) is 17.1. The first kappa shape index (κ1) is 15.3. The highest BCUT2D eigenvalue weighted by Crippen LogP contribution is 2.23. The average molecular weight is 291 g/mol. The fourth-order valence-electron chi connectivity index (χ4n) is 2.43. The summed E-state index contributed by atoms with van der Waals surface area (Å²) in [4.78, 5) is 16.1. The van der Waals surface area contributed by atoms with Crippen LogP contribution in [0.1, 0.15) is 17.3 Å². The maximum Gasteiger partial charge on any atom is 0.260 e. The lowest BCUT2D eigenvalue weighted by molar-refractivity contribution is 0.0608. The molecule has 1 aliphatic rings. The second kappa shape index (κ2) is 6.55. The predicted molar refractivity (Wildman–Crippen MR) is 75.5 cm³/mol. The number of nitriles is 1. The molecule has 0 aromatic heterocycles. The standard InChI is InChI=1S/C15H18FN3O2/c1-11(10-17)18-6-8-19(9-7-18)15(20)14-12(16)4-3-5-13(14)21-2/h3-5,11H,6-9H2,1-2H3. The van der Waals surface area contributed by atoms with Crippen LogP contribution < -0.4 is 4.74 Å². The second-order valence-corrected chi connectivity index (χ2v) is 4.95. The van der Waals surface area contributed by atoms with Gasteiger partial charge in [0, 0.05) is 26.2 Å². The monoisotopic (exact) mass is 291 g/mol. The number of hydrogen-bond donors (Lipinski definition) is 0. The lowest BCUT2D eigenvalue weighted by Crippen LogP contribution is -2.51. The quantitative estimate of drug-likeness (QED) is 0.847. The van der Waals surface area contributed by atoms with Crippen LogP contribution in [0.25, 0.3) is 0 Å². The number of hydrogen-bond acceptors (Lipinski definition) is 4. The maximum absolute atomic E-state index is 13.9. The first-order valence-corrected chi connectivity index (χ1v) is 6.84. The number of benzene rings is 1. The molecule has 6 heteroatoms. The van der Waals surface area contributed by atoms with Gasteiger partial charge in [-0.3, -0.25) is 9.69 Å². The van der Waals surface area contributed by atoms with E-state index in [1.807, 2.05) is 11.8 Å². The molecule has 2 rings (SSSR count). The molecule has 1 atom stereocenters. The molecule has 5 nitrogen and oxygen atoms in total. The Balaban J connectivity index is 2.11. The lowest BCUT2D eigenvalue weighted by atomic mass is 10.1. The third kappa shape index (κ3) is 3.14. The van der Waals surface area contributed by atoms with Gasteiger partial charge in [0.2, 0.25) is 0 Å². The van der Waals surface area contributed by atoms with E-state index in [9.17, 15) is 9.18 Å². The largest absolute Gasteiger partial charge is 0.496 e. The van der Waals surface area contributed by atoms with E-state index < -0.39 is 5.82 Å². The van der Waals surface area contributed by atoms with E-state index in [0.717, 1.165) is 0 Å². The van der Waals surface area contributed by atoms with Gasteiger partial charge >= 0.3 is 0 Å². The van der Waals surface area contributed by atoms with Gasteiger partial charge in [-0.2, -0.15) is 5.26 Å². The number of carbonyl (C=O) groups excluding carboxylic acids is 1. The molecule has 0 saturated carbocycles. The zero-order chi connectivity index (χ0) is 15.4. The Bertz CT molecular complexity index is 563. The van der Waals surface area contributed by atoms with Crippen LogP contribution in [0.3, 0.4) is 0 Å². The van der Waals surface area contributed by atoms with E-state index in [2.05, 4.69) is 6.07 Å². The fraction of sp³-hybridized carbons (Fsp3) is 0.467.